The molecule has 0 aliphatic rings. The highest BCUT2D eigenvalue weighted by atomic mass is 16.5. The number of carbonyl (C=O) groups excluding carboxylic acids is 2. The molecule has 114 valence electrons. The fraction of sp³-hybridized carbons (Fsp3) is 0.176. The average molecular weight is 300 g/mol. The second-order valence-corrected chi connectivity index (χ2v) is 4.54. The number of esters is 1. The van der Waals surface area contributed by atoms with E-state index in [0.717, 1.165) is 5.56 Å². The van der Waals surface area contributed by atoms with Gasteiger partial charge in [-0.05, 0) is 29.3 Å². The minimum atomic E-state index is -0.475. The summed E-state index contributed by atoms with van der Waals surface area (Å²) in [5.74, 6) is 0.0359. The van der Waals surface area contributed by atoms with E-state index in [1.807, 2.05) is 30.3 Å². The topological polar surface area (TPSA) is 61.8 Å². The van der Waals surface area contributed by atoms with Gasteiger partial charge in [0.25, 0.3) is 6.47 Å². The molecule has 0 amide bonds. The molecule has 2 rings (SSSR count). The monoisotopic (exact) mass is 300 g/mol. The van der Waals surface area contributed by atoms with Crippen molar-refractivity contribution >= 4 is 12.4 Å². The molecule has 0 heterocycles. The number of hydrogen-bond acceptors (Lipinski definition) is 5. The van der Waals surface area contributed by atoms with Crippen molar-refractivity contribution in [1.82, 2.24) is 0 Å². The summed E-state index contributed by atoms with van der Waals surface area (Å²) in [6.07, 6.45) is 0. The molecule has 22 heavy (non-hydrogen) atoms. The van der Waals surface area contributed by atoms with Gasteiger partial charge >= 0.3 is 5.97 Å². The number of ether oxygens (including phenoxy) is 3. The zero-order valence-electron chi connectivity index (χ0n) is 12.2. The Labute approximate surface area is 128 Å². The Bertz CT molecular complexity index is 637. The third-order valence-electron chi connectivity index (χ3n) is 2.95. The van der Waals surface area contributed by atoms with E-state index in [1.165, 1.54) is 7.11 Å². The van der Waals surface area contributed by atoms with E-state index in [9.17, 15) is 9.59 Å². The maximum Gasteiger partial charge on any atom is 0.337 e. The van der Waals surface area contributed by atoms with Gasteiger partial charge in [-0.3, -0.25) is 4.79 Å². The van der Waals surface area contributed by atoms with Crippen LogP contribution in [0.1, 0.15) is 21.5 Å². The van der Waals surface area contributed by atoms with Crippen LogP contribution < -0.4 is 4.74 Å². The first-order chi connectivity index (χ1) is 10.7. The molecule has 0 atom stereocenters. The summed E-state index contributed by atoms with van der Waals surface area (Å²) in [4.78, 5) is 22.0. The van der Waals surface area contributed by atoms with Crippen LogP contribution in [0.15, 0.2) is 48.5 Å². The van der Waals surface area contributed by atoms with E-state index in [4.69, 9.17) is 14.2 Å². The van der Waals surface area contributed by atoms with E-state index in [0.29, 0.717) is 30.0 Å². The van der Waals surface area contributed by atoms with Crippen molar-refractivity contribution in [2.75, 3.05) is 7.11 Å². The van der Waals surface area contributed by atoms with E-state index >= 15 is 0 Å². The van der Waals surface area contributed by atoms with E-state index < -0.39 is 5.97 Å². The summed E-state index contributed by atoms with van der Waals surface area (Å²) in [5.41, 5.74) is 2.01. The Morgan fingerprint density at radius 1 is 1.05 bits per heavy atom. The van der Waals surface area contributed by atoms with Crippen molar-refractivity contribution in [3.63, 3.8) is 0 Å². The van der Waals surface area contributed by atoms with Gasteiger partial charge in [0.2, 0.25) is 0 Å². The van der Waals surface area contributed by atoms with Crippen molar-refractivity contribution in [3.05, 3.63) is 65.2 Å². The molecule has 5 nitrogen and oxygen atoms in total. The summed E-state index contributed by atoms with van der Waals surface area (Å²) in [6.45, 7) is 0.796. The maximum absolute atomic E-state index is 11.7. The summed E-state index contributed by atoms with van der Waals surface area (Å²) in [5, 5.41) is 0. The van der Waals surface area contributed by atoms with E-state index in [-0.39, 0.29) is 6.61 Å². The molecule has 0 saturated carbocycles. The molecular weight excluding hydrogens is 284 g/mol. The normalized spacial score (nSPS) is 9.86. The number of methoxy groups -OCH3 is 1. The minimum Gasteiger partial charge on any atom is -0.489 e. The van der Waals surface area contributed by atoms with Crippen molar-refractivity contribution in [2.45, 2.75) is 13.2 Å². The van der Waals surface area contributed by atoms with Gasteiger partial charge < -0.3 is 14.2 Å². The summed E-state index contributed by atoms with van der Waals surface area (Å²) in [7, 11) is 1.31. The molecule has 0 aliphatic heterocycles. The highest BCUT2D eigenvalue weighted by Gasteiger charge is 2.10. The molecule has 0 saturated heterocycles. The Kier molecular flexibility index (Phi) is 5.54. The lowest BCUT2D eigenvalue weighted by molar-refractivity contribution is -0.129. The Hall–Kier alpha value is -2.82. The standard InChI is InChI=1S/C17H16O5/c1-20-17(19)15-7-14(10-21-12-18)8-16(9-15)22-11-13-5-3-2-4-6-13/h2-9,12H,10-11H2,1H3. The highest BCUT2D eigenvalue weighted by Crippen LogP contribution is 2.20. The molecule has 0 fully saturated rings. The first kappa shape index (κ1) is 15.6. The van der Waals surface area contributed by atoms with Crippen LogP contribution in [0.3, 0.4) is 0 Å². The average Bonchev–Trinajstić information content (AvgIpc) is 2.58. The largest absolute Gasteiger partial charge is 0.489 e. The van der Waals surface area contributed by atoms with Crippen LogP contribution >= 0.6 is 0 Å². The molecule has 0 aromatic heterocycles. The zero-order chi connectivity index (χ0) is 15.8. The van der Waals surface area contributed by atoms with Crippen molar-refractivity contribution in [2.24, 2.45) is 0 Å². The SMILES string of the molecule is COC(=O)c1cc(COC=O)cc(OCc2ccccc2)c1. The van der Waals surface area contributed by atoms with E-state index in [2.05, 4.69) is 0 Å². The first-order valence-electron chi connectivity index (χ1n) is 6.67. The lowest BCUT2D eigenvalue weighted by atomic mass is 10.1. The summed E-state index contributed by atoms with van der Waals surface area (Å²) >= 11 is 0. The van der Waals surface area contributed by atoms with Gasteiger partial charge in [-0.2, -0.15) is 0 Å². The van der Waals surface area contributed by atoms with Crippen molar-refractivity contribution in [1.29, 1.82) is 0 Å². The fourth-order valence-electron chi connectivity index (χ4n) is 1.93. The first-order valence-corrected chi connectivity index (χ1v) is 6.67. The van der Waals surface area contributed by atoms with Crippen LogP contribution in [-0.4, -0.2) is 19.6 Å². The predicted octanol–water partition coefficient (Wildman–Crippen LogP) is 2.73. The Morgan fingerprint density at radius 3 is 2.50 bits per heavy atom. The minimum absolute atomic E-state index is 0.0655. The molecule has 0 bridgehead atoms. The quantitative estimate of drug-likeness (QED) is 0.581. The molecule has 0 N–H and O–H groups in total. The van der Waals surface area contributed by atoms with Crippen LogP contribution in [-0.2, 0) is 27.5 Å². The Balaban J connectivity index is 2.17. The lowest BCUT2D eigenvalue weighted by Gasteiger charge is -2.10. The van der Waals surface area contributed by atoms with Crippen LogP contribution in [0.5, 0.6) is 5.75 Å². The number of rotatable bonds is 7. The molecule has 0 radical (unpaired) electrons. The number of benzene rings is 2. The lowest BCUT2D eigenvalue weighted by Crippen LogP contribution is -2.04. The second-order valence-electron chi connectivity index (χ2n) is 4.54. The molecule has 2 aromatic carbocycles. The fourth-order valence-corrected chi connectivity index (χ4v) is 1.93. The summed E-state index contributed by atoms with van der Waals surface area (Å²) < 4.78 is 15.1. The van der Waals surface area contributed by atoms with Gasteiger partial charge in [-0.1, -0.05) is 30.3 Å². The van der Waals surface area contributed by atoms with Gasteiger partial charge in [-0.15, -0.1) is 0 Å². The molecule has 0 aliphatic carbocycles. The van der Waals surface area contributed by atoms with E-state index in [1.54, 1.807) is 18.2 Å². The number of carbonyl (C=O) groups is 2. The second kappa shape index (κ2) is 7.83. The molecule has 5 heteroatoms. The molecule has 0 unspecified atom stereocenters. The Morgan fingerprint density at radius 2 is 1.82 bits per heavy atom. The third kappa shape index (κ3) is 4.34. The van der Waals surface area contributed by atoms with Crippen LogP contribution in [0.2, 0.25) is 0 Å². The zero-order valence-corrected chi connectivity index (χ0v) is 12.2. The van der Waals surface area contributed by atoms with Crippen molar-refractivity contribution in [3.8, 4) is 5.75 Å². The van der Waals surface area contributed by atoms with Gasteiger partial charge in [0.05, 0.1) is 12.7 Å². The predicted molar refractivity (Wildman–Crippen MR) is 79.4 cm³/mol. The molecular formula is C17H16O5. The van der Waals surface area contributed by atoms with Crippen LogP contribution in [0.4, 0.5) is 0 Å². The highest BCUT2D eigenvalue weighted by molar-refractivity contribution is 5.90. The smallest absolute Gasteiger partial charge is 0.337 e. The van der Waals surface area contributed by atoms with Gasteiger partial charge in [0.15, 0.2) is 0 Å². The van der Waals surface area contributed by atoms with Gasteiger partial charge in [0, 0.05) is 0 Å². The number of hydrogen-bond donors (Lipinski definition) is 0. The van der Waals surface area contributed by atoms with Crippen LogP contribution in [0.25, 0.3) is 0 Å². The van der Waals surface area contributed by atoms with Crippen LogP contribution in [0, 0.1) is 0 Å². The summed E-state index contributed by atoms with van der Waals surface area (Å²) in [6, 6.07) is 14.6. The van der Waals surface area contributed by atoms with Crippen molar-refractivity contribution < 1.29 is 23.8 Å². The van der Waals surface area contributed by atoms with Gasteiger partial charge in [0.1, 0.15) is 19.0 Å². The third-order valence-corrected chi connectivity index (χ3v) is 2.95. The molecule has 2 aromatic rings. The van der Waals surface area contributed by atoms with Gasteiger partial charge in [-0.25, -0.2) is 4.79 Å². The maximum atomic E-state index is 11.7. The molecule has 0 spiro atoms.